The predicted octanol–water partition coefficient (Wildman–Crippen LogP) is 17.0. The average Bonchev–Trinajstić information content (AvgIpc) is 4.04. The highest BCUT2D eigenvalue weighted by atomic mass is 15.1. The zero-order valence-electron chi connectivity index (χ0n) is 38.3. The van der Waals surface area contributed by atoms with E-state index in [1.165, 1.54) is 99.8 Å². The van der Waals surface area contributed by atoms with Crippen LogP contribution in [0.4, 0.5) is 17.1 Å². The number of aromatic nitrogens is 1. The van der Waals surface area contributed by atoms with Crippen LogP contribution in [-0.2, 0) is 10.8 Å². The van der Waals surface area contributed by atoms with Gasteiger partial charge in [0.25, 0.3) is 0 Å². The van der Waals surface area contributed by atoms with Crippen molar-refractivity contribution in [2.75, 3.05) is 4.90 Å². The monoisotopic (exact) mass is 888 g/mol. The van der Waals surface area contributed by atoms with E-state index in [1.807, 2.05) is 0 Å². The van der Waals surface area contributed by atoms with Crippen LogP contribution in [0.3, 0.4) is 0 Å². The molecule has 0 saturated carbocycles. The summed E-state index contributed by atoms with van der Waals surface area (Å²) in [6, 6.07) is 99.9. The quantitative estimate of drug-likeness (QED) is 0.161. The molecule has 15 rings (SSSR count). The molecule has 0 bridgehead atoms. The number of benzene rings is 11. The molecule has 1 spiro atoms. The van der Waals surface area contributed by atoms with Gasteiger partial charge in [0.15, 0.2) is 0 Å². The minimum Gasteiger partial charge on any atom is -0.310 e. The summed E-state index contributed by atoms with van der Waals surface area (Å²) in [5.74, 6) is 0. The Morgan fingerprint density at radius 1 is 0.300 bits per heavy atom. The molecular formula is C68H44N2. The molecule has 0 atom stereocenters. The van der Waals surface area contributed by atoms with E-state index < -0.39 is 10.8 Å². The second kappa shape index (κ2) is 14.8. The molecule has 11 aromatic carbocycles. The molecule has 2 nitrogen and oxygen atoms in total. The van der Waals surface area contributed by atoms with E-state index in [9.17, 15) is 0 Å². The largest absolute Gasteiger partial charge is 0.310 e. The van der Waals surface area contributed by atoms with Crippen LogP contribution < -0.4 is 4.90 Å². The van der Waals surface area contributed by atoms with Crippen LogP contribution in [0.5, 0.6) is 0 Å². The Kier molecular flexibility index (Phi) is 8.24. The first-order valence-electron chi connectivity index (χ1n) is 24.4. The Bertz CT molecular complexity index is 3980. The fourth-order valence-electron chi connectivity index (χ4n) is 13.2. The van der Waals surface area contributed by atoms with Crippen molar-refractivity contribution in [1.82, 2.24) is 4.57 Å². The molecule has 70 heavy (non-hydrogen) atoms. The first-order chi connectivity index (χ1) is 34.8. The lowest BCUT2D eigenvalue weighted by molar-refractivity contribution is 0.748. The van der Waals surface area contributed by atoms with Crippen LogP contribution in [0.25, 0.3) is 60.9 Å². The molecule has 0 N–H and O–H groups in total. The fraction of sp³-hybridized carbons (Fsp3) is 0.0294. The molecule has 3 aliphatic rings. The number of fused-ring (bicyclic) bond motifs is 15. The number of nitrogens with zero attached hydrogens (tertiary/aromatic N) is 2. The first kappa shape index (κ1) is 39.1. The van der Waals surface area contributed by atoms with E-state index >= 15 is 0 Å². The van der Waals surface area contributed by atoms with Gasteiger partial charge >= 0.3 is 0 Å². The Hall–Kier alpha value is -8.98. The van der Waals surface area contributed by atoms with Crippen LogP contribution in [0, 0.1) is 0 Å². The maximum absolute atomic E-state index is 2.57. The van der Waals surface area contributed by atoms with Crippen LogP contribution in [0.2, 0.25) is 0 Å². The fourth-order valence-corrected chi connectivity index (χ4v) is 13.2. The molecule has 0 unspecified atom stereocenters. The maximum Gasteiger partial charge on any atom is 0.0754 e. The van der Waals surface area contributed by atoms with Crippen molar-refractivity contribution in [3.63, 3.8) is 0 Å². The molecule has 2 heteroatoms. The first-order valence-corrected chi connectivity index (χ1v) is 24.4. The van der Waals surface area contributed by atoms with Crippen molar-refractivity contribution in [2.24, 2.45) is 0 Å². The van der Waals surface area contributed by atoms with Gasteiger partial charge in [0, 0.05) is 27.7 Å². The third-order valence-electron chi connectivity index (χ3n) is 15.9. The van der Waals surface area contributed by atoms with Gasteiger partial charge in [-0.3, -0.25) is 0 Å². The van der Waals surface area contributed by atoms with Gasteiger partial charge in [-0.05, 0) is 109 Å². The number of hydrogen-bond acceptors (Lipinski definition) is 1. The van der Waals surface area contributed by atoms with E-state index in [0.717, 1.165) is 22.6 Å². The molecule has 0 radical (unpaired) electrons. The van der Waals surface area contributed by atoms with Crippen molar-refractivity contribution < 1.29 is 0 Å². The van der Waals surface area contributed by atoms with E-state index in [4.69, 9.17) is 0 Å². The molecule has 2 heterocycles. The van der Waals surface area contributed by atoms with E-state index in [0.29, 0.717) is 0 Å². The van der Waals surface area contributed by atoms with Crippen LogP contribution in [-0.4, -0.2) is 4.57 Å². The predicted molar refractivity (Wildman–Crippen MR) is 289 cm³/mol. The highest BCUT2D eigenvalue weighted by Gasteiger charge is 2.51. The molecule has 0 fully saturated rings. The number of anilines is 3. The number of hydrogen-bond donors (Lipinski definition) is 0. The SMILES string of the molecule is c1ccc(-c2ccccc2N(c2ccc3c(c2)-n2c4ccccc4c4cccc(c42)C32c3ccccc3-c3ccccc32)c2ccc3c(c2)C(c2ccccc2)(c2ccccc2)c2ccccc2-3)cc1. The molecule has 326 valence electrons. The average molecular weight is 889 g/mol. The molecule has 1 aromatic heterocycles. The van der Waals surface area contributed by atoms with Gasteiger partial charge in [0.05, 0.1) is 33.2 Å². The third kappa shape index (κ3) is 5.07. The molecule has 1 aliphatic heterocycles. The Morgan fingerprint density at radius 3 is 1.46 bits per heavy atom. The molecule has 2 aliphatic carbocycles. The van der Waals surface area contributed by atoms with E-state index in [-0.39, 0.29) is 0 Å². The lowest BCUT2D eigenvalue weighted by Gasteiger charge is -2.40. The van der Waals surface area contributed by atoms with Crippen LogP contribution in [0.1, 0.15) is 44.5 Å². The van der Waals surface area contributed by atoms with E-state index in [1.54, 1.807) is 0 Å². The standard InChI is InChI=1S/C68H44N2/c1-4-21-45(22-5-1)50-27-13-18-37-63(50)69(48-39-41-54-53-30-10-15-33-57(53)67(62(54)43-48,46-23-6-2-7-24-46)47-25-8-3-9-26-47)49-40-42-60-65(44-49)70-64-38-19-14-31-55(64)56-32-20-36-61(66(56)70)68(60)58-34-16-11-28-51(58)52-29-12-17-35-59(52)68/h1-44H. The summed E-state index contributed by atoms with van der Waals surface area (Å²) < 4.78 is 2.57. The molecule has 0 saturated heterocycles. The molecule has 12 aromatic rings. The van der Waals surface area contributed by atoms with Gasteiger partial charge in [-0.1, -0.05) is 231 Å². The normalized spacial score (nSPS) is 13.9. The van der Waals surface area contributed by atoms with Gasteiger partial charge < -0.3 is 9.47 Å². The van der Waals surface area contributed by atoms with Crippen molar-refractivity contribution in [3.05, 3.63) is 311 Å². The number of rotatable bonds is 6. The number of para-hydroxylation sites is 3. The third-order valence-corrected chi connectivity index (χ3v) is 15.9. The second-order valence-electron chi connectivity index (χ2n) is 19.1. The second-order valence-corrected chi connectivity index (χ2v) is 19.1. The minimum absolute atomic E-state index is 0.540. The van der Waals surface area contributed by atoms with Crippen molar-refractivity contribution in [2.45, 2.75) is 10.8 Å². The Balaban J connectivity index is 1.06. The summed E-state index contributed by atoms with van der Waals surface area (Å²) in [6.07, 6.45) is 0. The lowest BCUT2D eigenvalue weighted by Crippen LogP contribution is -2.33. The highest BCUT2D eigenvalue weighted by Crippen LogP contribution is 2.62. The Labute approximate surface area is 407 Å². The minimum atomic E-state index is -0.556. The van der Waals surface area contributed by atoms with Gasteiger partial charge in [-0.2, -0.15) is 0 Å². The summed E-state index contributed by atoms with van der Waals surface area (Å²) in [5, 5.41) is 2.53. The molecular weight excluding hydrogens is 845 g/mol. The summed E-state index contributed by atoms with van der Waals surface area (Å²) in [5.41, 5.74) is 23.6. The summed E-state index contributed by atoms with van der Waals surface area (Å²) in [4.78, 5) is 2.53. The molecule has 0 amide bonds. The van der Waals surface area contributed by atoms with Gasteiger partial charge in [0.1, 0.15) is 0 Å². The Morgan fingerprint density at radius 2 is 0.786 bits per heavy atom. The van der Waals surface area contributed by atoms with Crippen LogP contribution >= 0.6 is 0 Å². The van der Waals surface area contributed by atoms with Crippen molar-refractivity contribution in [3.8, 4) is 39.1 Å². The topological polar surface area (TPSA) is 8.17 Å². The van der Waals surface area contributed by atoms with E-state index in [2.05, 4.69) is 276 Å². The smallest absolute Gasteiger partial charge is 0.0754 e. The zero-order valence-corrected chi connectivity index (χ0v) is 38.3. The van der Waals surface area contributed by atoms with Crippen LogP contribution in [0.15, 0.2) is 267 Å². The lowest BCUT2D eigenvalue weighted by atomic mass is 9.65. The summed E-state index contributed by atoms with van der Waals surface area (Å²) in [7, 11) is 0. The maximum atomic E-state index is 2.57. The zero-order chi connectivity index (χ0) is 46.0. The van der Waals surface area contributed by atoms with Gasteiger partial charge in [-0.15, -0.1) is 0 Å². The van der Waals surface area contributed by atoms with Crippen molar-refractivity contribution >= 4 is 38.9 Å². The summed E-state index contributed by atoms with van der Waals surface area (Å²) >= 11 is 0. The highest BCUT2D eigenvalue weighted by molar-refractivity contribution is 6.13. The van der Waals surface area contributed by atoms with Crippen molar-refractivity contribution in [1.29, 1.82) is 0 Å². The van der Waals surface area contributed by atoms with Gasteiger partial charge in [0.2, 0.25) is 0 Å². The summed E-state index contributed by atoms with van der Waals surface area (Å²) in [6.45, 7) is 0. The van der Waals surface area contributed by atoms with Gasteiger partial charge in [-0.25, -0.2) is 0 Å².